The number of hydrogen-bond acceptors (Lipinski definition) is 5. The van der Waals surface area contributed by atoms with Crippen molar-refractivity contribution in [1.29, 1.82) is 0 Å². The average Bonchev–Trinajstić information content (AvgIpc) is 2.92. The van der Waals surface area contributed by atoms with E-state index in [0.717, 1.165) is 0 Å². The summed E-state index contributed by atoms with van der Waals surface area (Å²) in [6, 6.07) is 25.1. The highest BCUT2D eigenvalue weighted by Gasteiger charge is 2.50. The monoisotopic (exact) mass is 565 g/mol. The smallest absolute Gasteiger partial charge is 0.356 e. The molecule has 1 saturated heterocycles. The minimum absolute atomic E-state index is 0.0327. The number of nitrogens with zero attached hydrogens (tertiary/aromatic N) is 1. The number of thioether (sulfide) groups is 1. The molecular weight excluding hydrogens is 540 g/mol. The first-order valence-corrected chi connectivity index (χ1v) is 14.7. The van der Waals surface area contributed by atoms with Gasteiger partial charge in [-0.25, -0.2) is 4.39 Å². The maximum Gasteiger partial charge on any atom is 0.356 e. The highest BCUT2D eigenvalue weighted by atomic mass is 32.2. The molecule has 0 spiro atoms. The largest absolute Gasteiger partial charge is 0.508 e. The molecule has 0 unspecified atom stereocenters. The van der Waals surface area contributed by atoms with Crippen LogP contribution in [-0.4, -0.2) is 36.9 Å². The molecule has 0 bridgehead atoms. The Kier molecular flexibility index (Phi) is 7.62. The molecule has 0 aromatic heterocycles. The molecule has 1 amide bonds. The van der Waals surface area contributed by atoms with Gasteiger partial charge in [-0.15, -0.1) is 11.8 Å². The zero-order valence-corrected chi connectivity index (χ0v) is 22.2. The Morgan fingerprint density at radius 1 is 0.897 bits per heavy atom. The number of para-hydroxylation sites is 1. The van der Waals surface area contributed by atoms with Gasteiger partial charge >= 0.3 is 7.60 Å². The van der Waals surface area contributed by atoms with Gasteiger partial charge in [0.15, 0.2) is 0 Å². The van der Waals surface area contributed by atoms with Crippen molar-refractivity contribution in [3.63, 3.8) is 0 Å². The third-order valence-electron chi connectivity index (χ3n) is 6.65. The number of benzene rings is 4. The number of aliphatic hydroxyl groups is 1. The van der Waals surface area contributed by atoms with E-state index in [9.17, 15) is 33.7 Å². The van der Waals surface area contributed by atoms with Crippen molar-refractivity contribution < 1.29 is 33.7 Å². The molecule has 1 fully saturated rings. The summed E-state index contributed by atoms with van der Waals surface area (Å²) in [4.78, 5) is 33.6. The summed E-state index contributed by atoms with van der Waals surface area (Å²) in [6.07, 6.45) is -0.901. The highest BCUT2D eigenvalue weighted by molar-refractivity contribution is 8.00. The quantitative estimate of drug-likeness (QED) is 0.177. The minimum atomic E-state index is -4.37. The zero-order valence-electron chi connectivity index (χ0n) is 20.5. The van der Waals surface area contributed by atoms with E-state index in [0.29, 0.717) is 27.9 Å². The van der Waals surface area contributed by atoms with Crippen molar-refractivity contribution in [1.82, 2.24) is 0 Å². The molecule has 7 nitrogen and oxygen atoms in total. The Morgan fingerprint density at radius 3 is 2.15 bits per heavy atom. The minimum Gasteiger partial charge on any atom is -0.508 e. The van der Waals surface area contributed by atoms with E-state index in [1.54, 1.807) is 35.2 Å². The fourth-order valence-electron chi connectivity index (χ4n) is 4.60. The van der Waals surface area contributed by atoms with Gasteiger partial charge in [0.2, 0.25) is 5.91 Å². The number of carbonyl (C=O) groups is 1. The molecule has 0 saturated carbocycles. The number of halogens is 1. The van der Waals surface area contributed by atoms with Gasteiger partial charge in [-0.3, -0.25) is 9.36 Å². The van der Waals surface area contributed by atoms with Crippen LogP contribution in [0.15, 0.2) is 97.1 Å². The lowest BCUT2D eigenvalue weighted by atomic mass is 9.90. The molecular formula is C29H25FNO6PS. The van der Waals surface area contributed by atoms with Gasteiger partial charge in [-0.1, -0.05) is 54.6 Å². The van der Waals surface area contributed by atoms with Crippen LogP contribution in [0.25, 0.3) is 11.1 Å². The molecule has 0 radical (unpaired) electrons. The third kappa shape index (κ3) is 5.64. The molecule has 200 valence electrons. The number of carbonyl (C=O) groups excluding carboxylic acids is 1. The first kappa shape index (κ1) is 27.1. The third-order valence-corrected chi connectivity index (χ3v) is 8.95. The van der Waals surface area contributed by atoms with Gasteiger partial charge in [0, 0.05) is 17.0 Å². The van der Waals surface area contributed by atoms with Crippen LogP contribution < -0.4 is 10.2 Å². The van der Waals surface area contributed by atoms with Crippen LogP contribution in [0, 0.1) is 5.82 Å². The Labute approximate surface area is 228 Å². The number of phenolic OH excluding ortho intramolecular Hbond substituents is 1. The average molecular weight is 566 g/mol. The standard InChI is InChI=1S/C29H25FNO6PS/c30-21-11-6-19(7-12-21)26(33)17-39-28-27(31(29(28)34)22-4-2-1-3-5-22)24-15-10-20(16-25(24)32)18-8-13-23(14-9-18)38(35,36)37/h1-16,26-28,32-33H,17H2,(H2,35,36,37)/t26-,27+,28+/m0/s1. The van der Waals surface area contributed by atoms with Crippen molar-refractivity contribution in [2.75, 3.05) is 10.7 Å². The molecule has 5 rings (SSSR count). The van der Waals surface area contributed by atoms with Gasteiger partial charge in [0.05, 0.1) is 17.5 Å². The van der Waals surface area contributed by atoms with E-state index in [1.807, 2.05) is 30.3 Å². The summed E-state index contributed by atoms with van der Waals surface area (Å²) in [5.74, 6) is -0.386. The topological polar surface area (TPSA) is 118 Å². The number of aromatic hydroxyl groups is 1. The zero-order chi connectivity index (χ0) is 27.7. The fourth-order valence-corrected chi connectivity index (χ4v) is 6.43. The maximum atomic E-state index is 13.3. The number of rotatable bonds is 8. The lowest BCUT2D eigenvalue weighted by Gasteiger charge is -2.47. The molecule has 39 heavy (non-hydrogen) atoms. The summed E-state index contributed by atoms with van der Waals surface area (Å²) in [6.45, 7) is 0. The normalized spacial score (nSPS) is 18.1. The van der Waals surface area contributed by atoms with Crippen molar-refractivity contribution in [2.24, 2.45) is 0 Å². The van der Waals surface area contributed by atoms with Crippen LogP contribution in [0.5, 0.6) is 5.75 Å². The van der Waals surface area contributed by atoms with Crippen LogP contribution in [-0.2, 0) is 9.36 Å². The van der Waals surface area contributed by atoms with E-state index < -0.39 is 30.8 Å². The van der Waals surface area contributed by atoms with Crippen LogP contribution in [0.4, 0.5) is 10.1 Å². The van der Waals surface area contributed by atoms with Crippen molar-refractivity contribution in [2.45, 2.75) is 17.4 Å². The van der Waals surface area contributed by atoms with Crippen LogP contribution in [0.2, 0.25) is 0 Å². The molecule has 4 N–H and O–H groups in total. The highest BCUT2D eigenvalue weighted by Crippen LogP contribution is 2.48. The Hall–Kier alpha value is -3.46. The Morgan fingerprint density at radius 2 is 1.54 bits per heavy atom. The van der Waals surface area contributed by atoms with E-state index in [2.05, 4.69) is 0 Å². The van der Waals surface area contributed by atoms with Crippen molar-refractivity contribution in [3.05, 3.63) is 114 Å². The number of amides is 1. The summed E-state index contributed by atoms with van der Waals surface area (Å²) >= 11 is 1.27. The molecule has 10 heteroatoms. The van der Waals surface area contributed by atoms with Crippen LogP contribution in [0.3, 0.4) is 0 Å². The van der Waals surface area contributed by atoms with Crippen LogP contribution in [0.1, 0.15) is 23.3 Å². The summed E-state index contributed by atoms with van der Waals surface area (Å²) in [7, 11) is -4.37. The van der Waals surface area contributed by atoms with Gasteiger partial charge in [-0.2, -0.15) is 0 Å². The van der Waals surface area contributed by atoms with Gasteiger partial charge in [0.1, 0.15) is 16.8 Å². The molecule has 4 aromatic rings. The maximum absolute atomic E-state index is 13.3. The molecule has 1 aliphatic heterocycles. The molecule has 3 atom stereocenters. The van der Waals surface area contributed by atoms with Crippen LogP contribution >= 0.6 is 19.4 Å². The lowest BCUT2D eigenvalue weighted by Crippen LogP contribution is -2.57. The summed E-state index contributed by atoms with van der Waals surface area (Å²) in [5.41, 5.74) is 3.06. The first-order chi connectivity index (χ1) is 18.6. The lowest BCUT2D eigenvalue weighted by molar-refractivity contribution is -0.123. The number of hydrogen-bond donors (Lipinski definition) is 4. The predicted octanol–water partition coefficient (Wildman–Crippen LogP) is 4.92. The SMILES string of the molecule is O=C1[C@H](SC[C@H](O)c2ccc(F)cc2)[C@@H](c2ccc(-c3ccc(P(=O)(O)O)cc3)cc2O)N1c1ccccc1. The predicted molar refractivity (Wildman–Crippen MR) is 149 cm³/mol. The number of β-lactam (4-membered cyclic amide) rings is 1. The summed E-state index contributed by atoms with van der Waals surface area (Å²) < 4.78 is 24.7. The van der Waals surface area contributed by atoms with Gasteiger partial charge in [-0.05, 0) is 59.2 Å². The van der Waals surface area contributed by atoms with Gasteiger partial charge in [0.25, 0.3) is 0 Å². The number of phenols is 1. The molecule has 4 aromatic carbocycles. The Bertz CT molecular complexity index is 1530. The molecule has 0 aliphatic carbocycles. The van der Waals surface area contributed by atoms with E-state index in [4.69, 9.17) is 0 Å². The van der Waals surface area contributed by atoms with Crippen molar-refractivity contribution in [3.8, 4) is 16.9 Å². The fraction of sp³-hybridized carbons (Fsp3) is 0.138. The second-order valence-corrected chi connectivity index (χ2v) is 12.0. The molecule has 1 aliphatic rings. The number of aliphatic hydroxyl groups excluding tert-OH is 1. The Balaban J connectivity index is 1.42. The number of anilines is 1. The molecule has 1 heterocycles. The van der Waals surface area contributed by atoms with Gasteiger partial charge < -0.3 is 24.9 Å². The second-order valence-electron chi connectivity index (χ2n) is 9.17. The first-order valence-electron chi connectivity index (χ1n) is 12.1. The van der Waals surface area contributed by atoms with E-state index in [-0.39, 0.29) is 22.7 Å². The van der Waals surface area contributed by atoms with E-state index in [1.165, 1.54) is 48.2 Å². The summed E-state index contributed by atoms with van der Waals surface area (Å²) in [5, 5.41) is 21.0. The van der Waals surface area contributed by atoms with Crippen molar-refractivity contribution >= 4 is 36.3 Å². The van der Waals surface area contributed by atoms with E-state index >= 15 is 0 Å². The second kappa shape index (κ2) is 11.0.